The predicted octanol–water partition coefficient (Wildman–Crippen LogP) is 0.0886. The van der Waals surface area contributed by atoms with E-state index in [4.69, 9.17) is 0 Å². The Bertz CT molecular complexity index is 265. The highest BCUT2D eigenvalue weighted by molar-refractivity contribution is 5.87. The lowest BCUT2D eigenvalue weighted by Gasteiger charge is -2.01. The lowest BCUT2D eigenvalue weighted by molar-refractivity contribution is 0.251. The van der Waals surface area contributed by atoms with Crippen molar-refractivity contribution in [2.75, 3.05) is 5.32 Å². The van der Waals surface area contributed by atoms with Crippen LogP contribution in [0, 0.1) is 0 Å². The van der Waals surface area contributed by atoms with Gasteiger partial charge >= 0.3 is 6.03 Å². The van der Waals surface area contributed by atoms with Crippen molar-refractivity contribution in [2.45, 2.75) is 18.9 Å². The van der Waals surface area contributed by atoms with Gasteiger partial charge in [0.1, 0.15) is 6.33 Å². The highest BCUT2D eigenvalue weighted by Gasteiger charge is 2.23. The summed E-state index contributed by atoms with van der Waals surface area (Å²) in [6.45, 7) is 0. The molecular formula is C6H9N5O. The van der Waals surface area contributed by atoms with Gasteiger partial charge in [-0.25, -0.2) is 9.89 Å². The Morgan fingerprint density at radius 3 is 3.08 bits per heavy atom. The van der Waals surface area contributed by atoms with Gasteiger partial charge in [0.15, 0.2) is 0 Å². The van der Waals surface area contributed by atoms with Crippen LogP contribution in [-0.4, -0.2) is 27.3 Å². The Labute approximate surface area is 68.8 Å². The summed E-state index contributed by atoms with van der Waals surface area (Å²) in [5.74, 6) is 0.369. The summed E-state index contributed by atoms with van der Waals surface area (Å²) in [6.07, 6.45) is 3.49. The molecule has 0 atom stereocenters. The molecule has 0 unspecified atom stereocenters. The normalized spacial score (nSPS) is 15.7. The Balaban J connectivity index is 1.82. The number of carbonyl (C=O) groups is 1. The van der Waals surface area contributed by atoms with Gasteiger partial charge in [0.2, 0.25) is 5.95 Å². The fraction of sp³-hybridized carbons (Fsp3) is 0.500. The molecule has 3 N–H and O–H groups in total. The van der Waals surface area contributed by atoms with Crippen molar-refractivity contribution in [2.24, 2.45) is 0 Å². The first-order valence-corrected chi connectivity index (χ1v) is 3.77. The van der Waals surface area contributed by atoms with E-state index in [1.54, 1.807) is 0 Å². The van der Waals surface area contributed by atoms with Gasteiger partial charge in [0, 0.05) is 6.04 Å². The molecule has 0 aromatic carbocycles. The maximum absolute atomic E-state index is 11.1. The average molecular weight is 167 g/mol. The SMILES string of the molecule is O=C(Nc1ncn[nH]1)NC1CC1. The Hall–Kier alpha value is -1.59. The largest absolute Gasteiger partial charge is 0.335 e. The second kappa shape index (κ2) is 2.80. The molecule has 1 aromatic heterocycles. The summed E-state index contributed by atoms with van der Waals surface area (Å²) < 4.78 is 0. The van der Waals surface area contributed by atoms with Gasteiger partial charge in [-0.3, -0.25) is 5.32 Å². The van der Waals surface area contributed by atoms with E-state index < -0.39 is 0 Å². The quantitative estimate of drug-likeness (QED) is 0.583. The van der Waals surface area contributed by atoms with Gasteiger partial charge in [0.25, 0.3) is 0 Å². The van der Waals surface area contributed by atoms with Gasteiger partial charge < -0.3 is 5.32 Å². The van der Waals surface area contributed by atoms with E-state index in [2.05, 4.69) is 25.8 Å². The molecule has 6 heteroatoms. The van der Waals surface area contributed by atoms with Crippen LogP contribution in [0.5, 0.6) is 0 Å². The number of aromatic nitrogens is 3. The van der Waals surface area contributed by atoms with Crippen molar-refractivity contribution in [1.82, 2.24) is 20.5 Å². The van der Waals surface area contributed by atoms with Crippen LogP contribution in [0.25, 0.3) is 0 Å². The first-order valence-electron chi connectivity index (χ1n) is 3.77. The predicted molar refractivity (Wildman–Crippen MR) is 41.6 cm³/mol. The molecule has 1 aromatic rings. The third kappa shape index (κ3) is 1.71. The molecular weight excluding hydrogens is 158 g/mol. The molecule has 2 rings (SSSR count). The van der Waals surface area contributed by atoms with Crippen LogP contribution < -0.4 is 10.6 Å². The van der Waals surface area contributed by atoms with Gasteiger partial charge in [0.05, 0.1) is 0 Å². The van der Waals surface area contributed by atoms with E-state index >= 15 is 0 Å². The maximum atomic E-state index is 11.1. The molecule has 1 aliphatic rings. The van der Waals surface area contributed by atoms with Crippen molar-refractivity contribution in [1.29, 1.82) is 0 Å². The van der Waals surface area contributed by atoms with Crippen LogP contribution in [0.4, 0.5) is 10.7 Å². The van der Waals surface area contributed by atoms with Gasteiger partial charge in [-0.15, -0.1) is 0 Å². The maximum Gasteiger partial charge on any atom is 0.321 e. The lowest BCUT2D eigenvalue weighted by atomic mass is 10.7. The van der Waals surface area contributed by atoms with Crippen LogP contribution in [0.3, 0.4) is 0 Å². The smallest absolute Gasteiger partial charge is 0.321 e. The molecule has 64 valence electrons. The van der Waals surface area contributed by atoms with Crippen LogP contribution in [0.1, 0.15) is 12.8 Å². The number of rotatable bonds is 2. The monoisotopic (exact) mass is 167 g/mol. The summed E-state index contributed by atoms with van der Waals surface area (Å²) in [5.41, 5.74) is 0. The molecule has 0 radical (unpaired) electrons. The highest BCUT2D eigenvalue weighted by atomic mass is 16.2. The van der Waals surface area contributed by atoms with Crippen LogP contribution >= 0.6 is 0 Å². The first-order chi connectivity index (χ1) is 5.84. The average Bonchev–Trinajstić information content (AvgIpc) is 2.66. The van der Waals surface area contributed by atoms with E-state index in [1.807, 2.05) is 0 Å². The van der Waals surface area contributed by atoms with Crippen molar-refractivity contribution >= 4 is 12.0 Å². The number of carbonyl (C=O) groups excluding carboxylic acids is 1. The summed E-state index contributed by atoms with van der Waals surface area (Å²) >= 11 is 0. The van der Waals surface area contributed by atoms with Gasteiger partial charge in [-0.05, 0) is 12.8 Å². The number of nitrogens with one attached hydrogen (secondary N) is 3. The van der Waals surface area contributed by atoms with Gasteiger partial charge in [-0.1, -0.05) is 0 Å². The minimum Gasteiger partial charge on any atom is -0.335 e. The van der Waals surface area contributed by atoms with E-state index in [0.717, 1.165) is 12.8 Å². The standard InChI is InChI=1S/C6H9N5O/c12-6(9-4-1-2-4)10-5-7-3-8-11-5/h3-4H,1-2H2,(H3,7,8,9,10,11,12). The topological polar surface area (TPSA) is 82.7 Å². The molecule has 1 saturated carbocycles. The number of anilines is 1. The lowest BCUT2D eigenvalue weighted by Crippen LogP contribution is -2.30. The van der Waals surface area contributed by atoms with Crippen molar-refractivity contribution in [3.8, 4) is 0 Å². The molecule has 2 amide bonds. The number of urea groups is 1. The number of aromatic amines is 1. The summed E-state index contributed by atoms with van der Waals surface area (Å²) in [5, 5.41) is 11.4. The number of hydrogen-bond donors (Lipinski definition) is 3. The van der Waals surface area contributed by atoms with E-state index in [9.17, 15) is 4.79 Å². The Kier molecular flexibility index (Phi) is 1.65. The van der Waals surface area contributed by atoms with Gasteiger partial charge in [-0.2, -0.15) is 10.1 Å². The fourth-order valence-corrected chi connectivity index (χ4v) is 0.822. The number of hydrogen-bond acceptors (Lipinski definition) is 3. The second-order valence-corrected chi connectivity index (χ2v) is 2.71. The number of H-pyrrole nitrogens is 1. The molecule has 12 heavy (non-hydrogen) atoms. The number of nitrogens with zero attached hydrogens (tertiary/aromatic N) is 2. The second-order valence-electron chi connectivity index (χ2n) is 2.71. The molecule has 0 bridgehead atoms. The molecule has 0 aliphatic heterocycles. The van der Waals surface area contributed by atoms with Crippen molar-refractivity contribution in [3.05, 3.63) is 6.33 Å². The van der Waals surface area contributed by atoms with Crippen LogP contribution in [0.2, 0.25) is 0 Å². The van der Waals surface area contributed by atoms with E-state index in [1.165, 1.54) is 6.33 Å². The summed E-state index contributed by atoms with van der Waals surface area (Å²) in [6, 6.07) is 0.127. The van der Waals surface area contributed by atoms with Crippen LogP contribution in [-0.2, 0) is 0 Å². The zero-order chi connectivity index (χ0) is 8.39. The molecule has 0 spiro atoms. The van der Waals surface area contributed by atoms with Crippen molar-refractivity contribution < 1.29 is 4.79 Å². The molecule has 1 aliphatic carbocycles. The van der Waals surface area contributed by atoms with Crippen molar-refractivity contribution in [3.63, 3.8) is 0 Å². The molecule has 1 heterocycles. The zero-order valence-electron chi connectivity index (χ0n) is 6.37. The third-order valence-electron chi connectivity index (χ3n) is 1.56. The summed E-state index contributed by atoms with van der Waals surface area (Å²) in [7, 11) is 0. The first kappa shape index (κ1) is 7.08. The minimum absolute atomic E-state index is 0.228. The minimum atomic E-state index is -0.228. The highest BCUT2D eigenvalue weighted by Crippen LogP contribution is 2.18. The fourth-order valence-electron chi connectivity index (χ4n) is 0.822. The molecule has 1 fully saturated rings. The zero-order valence-corrected chi connectivity index (χ0v) is 6.37. The Morgan fingerprint density at radius 2 is 2.50 bits per heavy atom. The molecule has 0 saturated heterocycles. The summed E-state index contributed by atoms with van der Waals surface area (Å²) in [4.78, 5) is 14.8. The van der Waals surface area contributed by atoms with Crippen LogP contribution in [0.15, 0.2) is 6.33 Å². The van der Waals surface area contributed by atoms with E-state index in [0.29, 0.717) is 12.0 Å². The molecule has 6 nitrogen and oxygen atoms in total. The van der Waals surface area contributed by atoms with E-state index in [-0.39, 0.29) is 6.03 Å². The Morgan fingerprint density at radius 1 is 1.67 bits per heavy atom. The third-order valence-corrected chi connectivity index (χ3v) is 1.56. The number of amides is 2.